The Hall–Kier alpha value is -1.51. The Morgan fingerprint density at radius 1 is 1.33 bits per heavy atom. The van der Waals surface area contributed by atoms with Crippen molar-refractivity contribution in [1.29, 1.82) is 0 Å². The second-order valence-electron chi connectivity index (χ2n) is 5.65. The fourth-order valence-electron chi connectivity index (χ4n) is 2.62. The van der Waals surface area contributed by atoms with E-state index in [2.05, 4.69) is 23.9 Å². The standard InChI is InChI=1S/C15H21NO2/c1-15(2)10-4-5-13(15)16-12-8-6-11(7-9-12)14(17)18-3/h6-9,13,16H,4-5,10H2,1-3H3. The summed E-state index contributed by atoms with van der Waals surface area (Å²) in [5.74, 6) is -0.289. The highest BCUT2D eigenvalue weighted by molar-refractivity contribution is 5.89. The molecular weight excluding hydrogens is 226 g/mol. The molecule has 0 amide bonds. The minimum atomic E-state index is -0.289. The van der Waals surface area contributed by atoms with Crippen LogP contribution in [0.15, 0.2) is 24.3 Å². The maximum absolute atomic E-state index is 11.3. The van der Waals surface area contributed by atoms with E-state index < -0.39 is 0 Å². The molecule has 1 N–H and O–H groups in total. The molecule has 0 aliphatic heterocycles. The largest absolute Gasteiger partial charge is 0.465 e. The molecule has 1 unspecified atom stereocenters. The molecule has 1 aliphatic carbocycles. The number of anilines is 1. The zero-order valence-corrected chi connectivity index (χ0v) is 11.3. The van der Waals surface area contributed by atoms with Crippen LogP contribution in [0.2, 0.25) is 0 Å². The minimum absolute atomic E-state index is 0.289. The van der Waals surface area contributed by atoms with Crippen LogP contribution >= 0.6 is 0 Å². The number of benzene rings is 1. The van der Waals surface area contributed by atoms with Crippen molar-refractivity contribution in [2.24, 2.45) is 5.41 Å². The highest BCUT2D eigenvalue weighted by Crippen LogP contribution is 2.38. The van der Waals surface area contributed by atoms with Crippen LogP contribution in [-0.2, 0) is 4.74 Å². The van der Waals surface area contributed by atoms with Gasteiger partial charge in [-0.2, -0.15) is 0 Å². The van der Waals surface area contributed by atoms with Crippen molar-refractivity contribution in [3.63, 3.8) is 0 Å². The Kier molecular flexibility index (Phi) is 3.60. The first-order valence-corrected chi connectivity index (χ1v) is 6.48. The maximum Gasteiger partial charge on any atom is 0.337 e. The molecule has 0 saturated heterocycles. The van der Waals surface area contributed by atoms with E-state index in [0.717, 1.165) is 5.69 Å². The molecule has 1 aromatic rings. The Balaban J connectivity index is 2.04. The van der Waals surface area contributed by atoms with Gasteiger partial charge in [-0.15, -0.1) is 0 Å². The average molecular weight is 247 g/mol. The van der Waals surface area contributed by atoms with Crippen molar-refractivity contribution in [2.45, 2.75) is 39.2 Å². The number of carbonyl (C=O) groups is 1. The zero-order chi connectivity index (χ0) is 13.2. The van der Waals surface area contributed by atoms with Gasteiger partial charge in [-0.25, -0.2) is 4.79 Å². The monoisotopic (exact) mass is 247 g/mol. The first-order chi connectivity index (χ1) is 8.53. The van der Waals surface area contributed by atoms with E-state index >= 15 is 0 Å². The first-order valence-electron chi connectivity index (χ1n) is 6.48. The number of ether oxygens (including phenoxy) is 1. The van der Waals surface area contributed by atoms with Gasteiger partial charge in [0, 0.05) is 11.7 Å². The van der Waals surface area contributed by atoms with Crippen LogP contribution in [-0.4, -0.2) is 19.1 Å². The molecule has 1 saturated carbocycles. The molecule has 3 heteroatoms. The minimum Gasteiger partial charge on any atom is -0.465 e. The predicted octanol–water partition coefficient (Wildman–Crippen LogP) is 3.46. The van der Waals surface area contributed by atoms with E-state index in [4.69, 9.17) is 0 Å². The van der Waals surface area contributed by atoms with Gasteiger partial charge >= 0.3 is 5.97 Å². The average Bonchev–Trinajstić information content (AvgIpc) is 2.69. The lowest BCUT2D eigenvalue weighted by molar-refractivity contribution is 0.0601. The van der Waals surface area contributed by atoms with Crippen molar-refractivity contribution >= 4 is 11.7 Å². The maximum atomic E-state index is 11.3. The summed E-state index contributed by atoms with van der Waals surface area (Å²) in [5, 5.41) is 3.56. The summed E-state index contributed by atoms with van der Waals surface area (Å²) in [6, 6.07) is 8.01. The molecular formula is C15H21NO2. The van der Waals surface area contributed by atoms with Crippen molar-refractivity contribution in [2.75, 3.05) is 12.4 Å². The van der Waals surface area contributed by atoms with Crippen LogP contribution in [0.3, 0.4) is 0 Å². The molecule has 1 atom stereocenters. The Morgan fingerprint density at radius 2 is 2.00 bits per heavy atom. The van der Waals surface area contributed by atoms with Gasteiger partial charge in [-0.1, -0.05) is 20.3 Å². The van der Waals surface area contributed by atoms with Crippen molar-refractivity contribution < 1.29 is 9.53 Å². The molecule has 0 heterocycles. The van der Waals surface area contributed by atoms with Gasteiger partial charge in [0.2, 0.25) is 0 Å². The molecule has 0 radical (unpaired) electrons. The summed E-state index contributed by atoms with van der Waals surface area (Å²) >= 11 is 0. The number of esters is 1. The van der Waals surface area contributed by atoms with Gasteiger partial charge in [0.05, 0.1) is 12.7 Å². The number of rotatable bonds is 3. The van der Waals surface area contributed by atoms with E-state index in [0.29, 0.717) is 17.0 Å². The summed E-state index contributed by atoms with van der Waals surface area (Å²) in [7, 11) is 1.40. The normalized spacial score (nSPS) is 21.6. The fourth-order valence-corrected chi connectivity index (χ4v) is 2.62. The Labute approximate surface area is 109 Å². The molecule has 2 rings (SSSR count). The van der Waals surface area contributed by atoms with Crippen molar-refractivity contribution in [3.8, 4) is 0 Å². The number of hydrogen-bond donors (Lipinski definition) is 1. The summed E-state index contributed by atoms with van der Waals surface area (Å²) in [5.41, 5.74) is 2.01. The van der Waals surface area contributed by atoms with Gasteiger partial charge in [0.25, 0.3) is 0 Å². The predicted molar refractivity (Wildman–Crippen MR) is 72.8 cm³/mol. The highest BCUT2D eigenvalue weighted by Gasteiger charge is 2.34. The summed E-state index contributed by atoms with van der Waals surface area (Å²) in [6.07, 6.45) is 3.77. The lowest BCUT2D eigenvalue weighted by Crippen LogP contribution is -2.30. The van der Waals surface area contributed by atoms with Crippen LogP contribution in [0, 0.1) is 5.41 Å². The van der Waals surface area contributed by atoms with Gasteiger partial charge < -0.3 is 10.1 Å². The lowest BCUT2D eigenvalue weighted by atomic mass is 9.87. The van der Waals surface area contributed by atoms with Crippen LogP contribution in [0.1, 0.15) is 43.5 Å². The SMILES string of the molecule is COC(=O)c1ccc(NC2CCCC2(C)C)cc1. The van der Waals surface area contributed by atoms with Crippen molar-refractivity contribution in [1.82, 2.24) is 0 Å². The first kappa shape index (κ1) is 12.9. The fraction of sp³-hybridized carbons (Fsp3) is 0.533. The Morgan fingerprint density at radius 3 is 2.50 bits per heavy atom. The third-order valence-corrected chi connectivity index (χ3v) is 3.90. The van der Waals surface area contributed by atoms with Gasteiger partial charge in [-0.3, -0.25) is 0 Å². The molecule has 1 fully saturated rings. The third-order valence-electron chi connectivity index (χ3n) is 3.90. The van der Waals surface area contributed by atoms with E-state index in [9.17, 15) is 4.79 Å². The molecule has 1 aromatic carbocycles. The summed E-state index contributed by atoms with van der Waals surface area (Å²) in [4.78, 5) is 11.3. The lowest BCUT2D eigenvalue weighted by Gasteiger charge is -2.28. The van der Waals surface area contributed by atoms with E-state index in [1.54, 1.807) is 12.1 Å². The smallest absolute Gasteiger partial charge is 0.337 e. The Bertz CT molecular complexity index is 423. The van der Waals surface area contributed by atoms with Crippen LogP contribution in [0.25, 0.3) is 0 Å². The zero-order valence-electron chi connectivity index (χ0n) is 11.3. The quantitative estimate of drug-likeness (QED) is 0.831. The third kappa shape index (κ3) is 2.66. The number of methoxy groups -OCH3 is 1. The molecule has 3 nitrogen and oxygen atoms in total. The van der Waals surface area contributed by atoms with Gasteiger partial charge in [0.1, 0.15) is 0 Å². The summed E-state index contributed by atoms with van der Waals surface area (Å²) < 4.78 is 4.68. The van der Waals surface area contributed by atoms with E-state index in [1.807, 2.05) is 12.1 Å². The molecule has 0 spiro atoms. The van der Waals surface area contributed by atoms with Crippen LogP contribution in [0.4, 0.5) is 5.69 Å². The number of hydrogen-bond acceptors (Lipinski definition) is 3. The van der Waals surface area contributed by atoms with Gasteiger partial charge in [-0.05, 0) is 42.5 Å². The molecule has 18 heavy (non-hydrogen) atoms. The van der Waals surface area contributed by atoms with E-state index in [1.165, 1.54) is 26.4 Å². The molecule has 0 aromatic heterocycles. The molecule has 0 bridgehead atoms. The van der Waals surface area contributed by atoms with E-state index in [-0.39, 0.29) is 5.97 Å². The molecule has 98 valence electrons. The second kappa shape index (κ2) is 5.01. The highest BCUT2D eigenvalue weighted by atomic mass is 16.5. The second-order valence-corrected chi connectivity index (χ2v) is 5.65. The number of carbonyl (C=O) groups excluding carboxylic acids is 1. The van der Waals surface area contributed by atoms with Crippen molar-refractivity contribution in [3.05, 3.63) is 29.8 Å². The number of nitrogens with one attached hydrogen (secondary N) is 1. The summed E-state index contributed by atoms with van der Waals surface area (Å²) in [6.45, 7) is 4.61. The van der Waals surface area contributed by atoms with Crippen LogP contribution in [0.5, 0.6) is 0 Å². The van der Waals surface area contributed by atoms with Crippen LogP contribution < -0.4 is 5.32 Å². The molecule has 1 aliphatic rings. The topological polar surface area (TPSA) is 38.3 Å². The van der Waals surface area contributed by atoms with Gasteiger partial charge in [0.15, 0.2) is 0 Å².